The van der Waals surface area contributed by atoms with Gasteiger partial charge in [-0.1, -0.05) is 12.1 Å². The summed E-state index contributed by atoms with van der Waals surface area (Å²) in [5, 5.41) is 15.3. The van der Waals surface area contributed by atoms with Crippen LogP contribution in [0.3, 0.4) is 0 Å². The fourth-order valence-electron chi connectivity index (χ4n) is 2.83. The number of carbonyl (C=O) groups excluding carboxylic acids is 2. The number of hydrogen-bond donors (Lipinski definition) is 3. The maximum absolute atomic E-state index is 12.1. The van der Waals surface area contributed by atoms with E-state index in [2.05, 4.69) is 10.6 Å². The molecular weight excluding hydrogens is 307 g/mol. The van der Waals surface area contributed by atoms with Gasteiger partial charge in [0.05, 0.1) is 13.0 Å². The first kappa shape index (κ1) is 16.5. The number of fused-ring (bicyclic) bond motifs is 1. The first-order chi connectivity index (χ1) is 11.4. The molecule has 7 heteroatoms. The van der Waals surface area contributed by atoms with Crippen LogP contribution in [0.15, 0.2) is 41.5 Å². The van der Waals surface area contributed by atoms with Crippen molar-refractivity contribution in [3.8, 4) is 0 Å². The fourth-order valence-corrected chi connectivity index (χ4v) is 2.83. The van der Waals surface area contributed by atoms with Crippen LogP contribution < -0.4 is 16.1 Å². The van der Waals surface area contributed by atoms with Crippen LogP contribution in [0, 0.1) is 0 Å². The van der Waals surface area contributed by atoms with Crippen LogP contribution >= 0.6 is 0 Å². The van der Waals surface area contributed by atoms with E-state index in [1.807, 2.05) is 19.9 Å². The molecule has 124 valence electrons. The Labute approximate surface area is 140 Å². The molecule has 0 saturated heterocycles. The Morgan fingerprint density at radius 3 is 3.08 bits per heavy atom. The molecule has 1 aromatic carbocycles. The van der Waals surface area contributed by atoms with Gasteiger partial charge in [-0.2, -0.15) is 0 Å². The molecule has 2 aliphatic heterocycles. The average Bonchev–Trinajstić information content (AvgIpc) is 2.90. The van der Waals surface area contributed by atoms with Gasteiger partial charge in [0.1, 0.15) is 0 Å². The van der Waals surface area contributed by atoms with Gasteiger partial charge in [0.15, 0.2) is 0 Å². The molecule has 1 atom stereocenters. The van der Waals surface area contributed by atoms with Gasteiger partial charge in [-0.25, -0.2) is 0 Å². The topological polar surface area (TPSA) is 87.7 Å². The molecule has 0 bridgehead atoms. The Kier molecular flexibility index (Phi) is 4.55. The van der Waals surface area contributed by atoms with Gasteiger partial charge in [-0.3, -0.25) is 9.59 Å². The van der Waals surface area contributed by atoms with E-state index >= 15 is 0 Å². The SMILES string of the molecule is CC1=C(/C=C/C(=O)Nc2ccc3c(c2)B(O)OC3)CC(=O)NC1C. The number of rotatable bonds is 3. The molecule has 3 N–H and O–H groups in total. The van der Waals surface area contributed by atoms with Crippen molar-refractivity contribution < 1.29 is 19.3 Å². The molecule has 2 amide bonds. The molecule has 0 aliphatic carbocycles. The highest BCUT2D eigenvalue weighted by molar-refractivity contribution is 6.61. The number of amides is 2. The van der Waals surface area contributed by atoms with Crippen molar-refractivity contribution in [1.29, 1.82) is 0 Å². The standard InChI is InChI=1S/C17H19BN2O4/c1-10-11(2)19-17(22)7-12(10)4-6-16(21)20-14-5-3-13-9-24-18(23)15(13)8-14/h3-6,8,11,23H,7,9H2,1-2H3,(H,19,22)(H,20,21)/b6-4+. The quantitative estimate of drug-likeness (QED) is 0.561. The first-order valence-corrected chi connectivity index (χ1v) is 7.84. The van der Waals surface area contributed by atoms with Crippen LogP contribution in [0.2, 0.25) is 0 Å². The molecule has 0 fully saturated rings. The van der Waals surface area contributed by atoms with Gasteiger partial charge in [0, 0.05) is 17.8 Å². The lowest BCUT2D eigenvalue weighted by molar-refractivity contribution is -0.121. The van der Waals surface area contributed by atoms with Crippen LogP contribution in [0.25, 0.3) is 0 Å². The average molecular weight is 326 g/mol. The van der Waals surface area contributed by atoms with E-state index in [4.69, 9.17) is 4.65 Å². The number of anilines is 1. The summed E-state index contributed by atoms with van der Waals surface area (Å²) in [4.78, 5) is 23.7. The number of hydrogen-bond acceptors (Lipinski definition) is 4. The Hall–Kier alpha value is -2.38. The Bertz CT molecular complexity index is 757. The summed E-state index contributed by atoms with van der Waals surface area (Å²) in [7, 11) is -0.942. The lowest BCUT2D eigenvalue weighted by atomic mass is 9.79. The minimum Gasteiger partial charge on any atom is -0.423 e. The van der Waals surface area contributed by atoms with Crippen molar-refractivity contribution in [1.82, 2.24) is 5.32 Å². The number of carbonyl (C=O) groups is 2. The van der Waals surface area contributed by atoms with Crippen molar-refractivity contribution in [2.45, 2.75) is 32.9 Å². The molecule has 1 unspecified atom stereocenters. The summed E-state index contributed by atoms with van der Waals surface area (Å²) in [5.41, 5.74) is 4.09. The van der Waals surface area contributed by atoms with E-state index < -0.39 is 7.12 Å². The lowest BCUT2D eigenvalue weighted by Gasteiger charge is -2.23. The van der Waals surface area contributed by atoms with Crippen LogP contribution in [0.1, 0.15) is 25.8 Å². The monoisotopic (exact) mass is 326 g/mol. The zero-order valence-electron chi connectivity index (χ0n) is 13.6. The number of allylic oxidation sites excluding steroid dienone is 1. The highest BCUT2D eigenvalue weighted by Crippen LogP contribution is 2.19. The molecule has 2 heterocycles. The summed E-state index contributed by atoms with van der Waals surface area (Å²) in [6.07, 6.45) is 3.39. The second kappa shape index (κ2) is 6.63. The van der Waals surface area contributed by atoms with Gasteiger partial charge < -0.3 is 20.3 Å². The summed E-state index contributed by atoms with van der Waals surface area (Å²) in [6, 6.07) is 5.28. The highest BCUT2D eigenvalue weighted by atomic mass is 16.5. The molecule has 3 rings (SSSR count). The summed E-state index contributed by atoms with van der Waals surface area (Å²) in [6.45, 7) is 4.24. The van der Waals surface area contributed by atoms with Gasteiger partial charge in [-0.05, 0) is 48.2 Å². The zero-order valence-corrected chi connectivity index (χ0v) is 13.6. The number of nitrogens with one attached hydrogen (secondary N) is 2. The second-order valence-corrected chi connectivity index (χ2v) is 6.07. The van der Waals surface area contributed by atoms with E-state index in [1.54, 1.807) is 18.2 Å². The smallest absolute Gasteiger partial charge is 0.423 e. The van der Waals surface area contributed by atoms with Crippen molar-refractivity contribution in [2.24, 2.45) is 0 Å². The number of benzene rings is 1. The molecule has 6 nitrogen and oxygen atoms in total. The van der Waals surface area contributed by atoms with Crippen molar-refractivity contribution in [3.63, 3.8) is 0 Å². The minimum atomic E-state index is -0.942. The Balaban J connectivity index is 1.69. The van der Waals surface area contributed by atoms with E-state index in [0.29, 0.717) is 17.8 Å². The highest BCUT2D eigenvalue weighted by Gasteiger charge is 2.27. The van der Waals surface area contributed by atoms with E-state index in [1.165, 1.54) is 6.08 Å². The fraction of sp³-hybridized carbons (Fsp3) is 0.294. The molecular formula is C17H19BN2O4. The van der Waals surface area contributed by atoms with E-state index in [-0.39, 0.29) is 24.3 Å². The summed E-state index contributed by atoms with van der Waals surface area (Å²) < 4.78 is 5.13. The van der Waals surface area contributed by atoms with E-state index in [9.17, 15) is 14.6 Å². The summed E-state index contributed by atoms with van der Waals surface area (Å²) in [5.74, 6) is -0.331. The molecule has 0 spiro atoms. The summed E-state index contributed by atoms with van der Waals surface area (Å²) >= 11 is 0. The van der Waals surface area contributed by atoms with Crippen molar-refractivity contribution >= 4 is 30.1 Å². The Morgan fingerprint density at radius 1 is 1.50 bits per heavy atom. The molecule has 0 aromatic heterocycles. The van der Waals surface area contributed by atoms with Crippen molar-refractivity contribution in [3.05, 3.63) is 47.1 Å². The molecule has 1 aromatic rings. The van der Waals surface area contributed by atoms with Crippen LogP contribution in [0.5, 0.6) is 0 Å². The third-order valence-corrected chi connectivity index (χ3v) is 4.40. The first-order valence-electron chi connectivity index (χ1n) is 7.84. The van der Waals surface area contributed by atoms with Crippen LogP contribution in [-0.4, -0.2) is 30.0 Å². The van der Waals surface area contributed by atoms with Crippen LogP contribution in [0.4, 0.5) is 5.69 Å². The van der Waals surface area contributed by atoms with Gasteiger partial charge in [-0.15, -0.1) is 0 Å². The maximum atomic E-state index is 12.1. The normalized spacial score (nSPS) is 20.4. The molecule has 24 heavy (non-hydrogen) atoms. The maximum Gasteiger partial charge on any atom is 0.491 e. The minimum absolute atomic E-state index is 0.0211. The van der Waals surface area contributed by atoms with Crippen molar-refractivity contribution in [2.75, 3.05) is 5.32 Å². The van der Waals surface area contributed by atoms with Gasteiger partial charge in [0.2, 0.25) is 11.8 Å². The lowest BCUT2D eigenvalue weighted by Crippen LogP contribution is -2.37. The molecule has 0 saturated carbocycles. The third kappa shape index (κ3) is 3.42. The predicted octanol–water partition coefficient (Wildman–Crippen LogP) is 0.624. The molecule has 2 aliphatic rings. The van der Waals surface area contributed by atoms with Gasteiger partial charge >= 0.3 is 7.12 Å². The second-order valence-electron chi connectivity index (χ2n) is 6.07. The van der Waals surface area contributed by atoms with Crippen LogP contribution in [-0.2, 0) is 20.9 Å². The molecule has 0 radical (unpaired) electrons. The predicted molar refractivity (Wildman–Crippen MR) is 91.5 cm³/mol. The van der Waals surface area contributed by atoms with Gasteiger partial charge in [0.25, 0.3) is 0 Å². The third-order valence-electron chi connectivity index (χ3n) is 4.40. The Morgan fingerprint density at radius 2 is 2.29 bits per heavy atom. The zero-order chi connectivity index (χ0) is 17.3. The largest absolute Gasteiger partial charge is 0.491 e. The van der Waals surface area contributed by atoms with E-state index in [0.717, 1.165) is 16.7 Å².